The van der Waals surface area contributed by atoms with Crippen LogP contribution in [0.5, 0.6) is 0 Å². The van der Waals surface area contributed by atoms with Crippen molar-refractivity contribution in [2.45, 2.75) is 46.6 Å². The summed E-state index contributed by atoms with van der Waals surface area (Å²) in [4.78, 5) is 11.3. The van der Waals surface area contributed by atoms with Crippen molar-refractivity contribution in [3.8, 4) is 0 Å². The second-order valence-corrected chi connectivity index (χ2v) is 6.62. The summed E-state index contributed by atoms with van der Waals surface area (Å²) >= 11 is 0. The minimum Gasteiger partial charge on any atom is -0.788 e. The van der Waals surface area contributed by atoms with Gasteiger partial charge >= 0.3 is 0 Å². The average molecular weight is 220 g/mol. The largest absolute Gasteiger partial charge is 0.788 e. The van der Waals surface area contributed by atoms with Crippen LogP contribution in [-0.4, -0.2) is 12.2 Å². The summed E-state index contributed by atoms with van der Waals surface area (Å²) in [6, 6.07) is 0. The maximum Gasteiger partial charge on any atom is 0.0743 e. The molecule has 4 heteroatoms. The van der Waals surface area contributed by atoms with Gasteiger partial charge in [0.1, 0.15) is 0 Å². The van der Waals surface area contributed by atoms with Gasteiger partial charge in [0.15, 0.2) is 0 Å². The minimum atomic E-state index is -3.41. The summed E-state index contributed by atoms with van der Waals surface area (Å²) in [5.41, 5.74) is -0.333. The van der Waals surface area contributed by atoms with Crippen LogP contribution in [0.3, 0.4) is 0 Å². The monoisotopic (exact) mass is 220 g/mol. The van der Waals surface area contributed by atoms with Crippen LogP contribution in [0.25, 0.3) is 0 Å². The second kappa shape index (κ2) is 4.78. The van der Waals surface area contributed by atoms with Gasteiger partial charge in [-0.2, -0.15) is 0 Å². The Bertz CT molecular complexity index is 224. The van der Waals surface area contributed by atoms with E-state index in [4.69, 9.17) is 0 Å². The van der Waals surface area contributed by atoms with Gasteiger partial charge < -0.3 is 9.46 Å². The standard InChI is InChI=1S/C10H24NO2P/c1-7-9(4)10(5,8(2)3)11-14(6,12)13/h8-9H,7H2,1-6H3,(H2,11,12,13)/p-1. The van der Waals surface area contributed by atoms with Crippen molar-refractivity contribution in [1.82, 2.24) is 5.09 Å². The van der Waals surface area contributed by atoms with Crippen molar-refractivity contribution in [3.63, 3.8) is 0 Å². The zero-order chi connectivity index (χ0) is 11.6. The van der Waals surface area contributed by atoms with E-state index >= 15 is 0 Å². The summed E-state index contributed by atoms with van der Waals surface area (Å²) in [6.45, 7) is 11.5. The fourth-order valence-corrected chi connectivity index (χ4v) is 3.02. The predicted octanol–water partition coefficient (Wildman–Crippen LogP) is 2.22. The molecule has 0 rings (SSSR count). The molecule has 3 unspecified atom stereocenters. The van der Waals surface area contributed by atoms with Crippen molar-refractivity contribution < 1.29 is 9.46 Å². The van der Waals surface area contributed by atoms with Crippen LogP contribution in [0.15, 0.2) is 0 Å². The Hall–Kier alpha value is 0.150. The topological polar surface area (TPSA) is 52.2 Å². The smallest absolute Gasteiger partial charge is 0.0743 e. The first-order valence-electron chi connectivity index (χ1n) is 5.21. The third-order valence-corrected chi connectivity index (χ3v) is 4.17. The maximum absolute atomic E-state index is 11.3. The predicted molar refractivity (Wildman–Crippen MR) is 59.4 cm³/mol. The summed E-state index contributed by atoms with van der Waals surface area (Å²) in [7, 11) is -3.41. The van der Waals surface area contributed by atoms with Crippen LogP contribution >= 0.6 is 7.52 Å². The van der Waals surface area contributed by atoms with Crippen LogP contribution in [0.2, 0.25) is 0 Å². The Labute approximate surface area is 87.8 Å². The molecule has 0 bridgehead atoms. The van der Waals surface area contributed by atoms with Gasteiger partial charge in [0, 0.05) is 5.54 Å². The second-order valence-electron chi connectivity index (χ2n) is 4.70. The Kier molecular flexibility index (Phi) is 4.83. The molecule has 0 amide bonds. The van der Waals surface area contributed by atoms with E-state index in [1.165, 1.54) is 6.66 Å². The van der Waals surface area contributed by atoms with Crippen molar-refractivity contribution in [1.29, 1.82) is 0 Å². The molecule has 0 saturated heterocycles. The fraction of sp³-hybridized carbons (Fsp3) is 1.00. The summed E-state index contributed by atoms with van der Waals surface area (Å²) < 4.78 is 11.3. The number of hydrogen-bond acceptors (Lipinski definition) is 2. The van der Waals surface area contributed by atoms with Gasteiger partial charge in [0.25, 0.3) is 0 Å². The molecule has 0 saturated carbocycles. The van der Waals surface area contributed by atoms with Crippen LogP contribution in [0.1, 0.15) is 41.0 Å². The van der Waals surface area contributed by atoms with E-state index in [1.807, 2.05) is 6.92 Å². The molecule has 3 nitrogen and oxygen atoms in total. The summed E-state index contributed by atoms with van der Waals surface area (Å²) in [5, 5.41) is 2.78. The molecular weight excluding hydrogens is 197 g/mol. The molecule has 0 aromatic rings. The van der Waals surface area contributed by atoms with Gasteiger partial charge in [-0.15, -0.1) is 0 Å². The summed E-state index contributed by atoms with van der Waals surface area (Å²) in [6.07, 6.45) is 0.974. The van der Waals surface area contributed by atoms with E-state index in [0.29, 0.717) is 11.8 Å². The Morgan fingerprint density at radius 2 is 1.86 bits per heavy atom. The molecule has 0 aromatic carbocycles. The van der Waals surface area contributed by atoms with Crippen LogP contribution in [0.4, 0.5) is 0 Å². The normalized spacial score (nSPS) is 22.9. The molecule has 0 aliphatic heterocycles. The lowest BCUT2D eigenvalue weighted by Gasteiger charge is -2.44. The first-order chi connectivity index (χ1) is 6.13. The molecule has 0 spiro atoms. The van der Waals surface area contributed by atoms with Gasteiger partial charge in [0.2, 0.25) is 0 Å². The minimum absolute atomic E-state index is 0.291. The number of hydrogen-bond donors (Lipinski definition) is 1. The van der Waals surface area contributed by atoms with Gasteiger partial charge in [-0.3, -0.25) is 5.09 Å². The van der Waals surface area contributed by atoms with Crippen molar-refractivity contribution in [2.24, 2.45) is 11.8 Å². The van der Waals surface area contributed by atoms with Gasteiger partial charge in [-0.25, -0.2) is 0 Å². The van der Waals surface area contributed by atoms with E-state index in [2.05, 4.69) is 32.8 Å². The molecule has 86 valence electrons. The highest BCUT2D eigenvalue weighted by Crippen LogP contribution is 2.37. The lowest BCUT2D eigenvalue weighted by molar-refractivity contribution is -0.179. The van der Waals surface area contributed by atoms with Crippen molar-refractivity contribution in [3.05, 3.63) is 0 Å². The Morgan fingerprint density at radius 1 is 1.43 bits per heavy atom. The van der Waals surface area contributed by atoms with Gasteiger partial charge in [-0.05, 0) is 25.4 Å². The van der Waals surface area contributed by atoms with E-state index < -0.39 is 7.52 Å². The SMILES string of the molecule is CCC(C)C(C)(NP(C)(=O)[O-])C(C)C. The average Bonchev–Trinajstić information content (AvgIpc) is 1.99. The zero-order valence-electron chi connectivity index (χ0n) is 10.1. The molecule has 1 N–H and O–H groups in total. The molecule has 0 heterocycles. The first-order valence-corrected chi connectivity index (χ1v) is 7.28. The number of nitrogens with one attached hydrogen (secondary N) is 1. The zero-order valence-corrected chi connectivity index (χ0v) is 11.0. The number of rotatable bonds is 5. The van der Waals surface area contributed by atoms with Gasteiger partial charge in [-0.1, -0.05) is 34.1 Å². The van der Waals surface area contributed by atoms with Crippen molar-refractivity contribution >= 4 is 7.52 Å². The summed E-state index contributed by atoms with van der Waals surface area (Å²) in [5.74, 6) is 0.629. The van der Waals surface area contributed by atoms with E-state index in [0.717, 1.165) is 6.42 Å². The molecule has 0 aliphatic carbocycles. The lowest BCUT2D eigenvalue weighted by Crippen LogP contribution is -2.51. The fourth-order valence-electron chi connectivity index (χ4n) is 1.67. The van der Waals surface area contributed by atoms with Crippen LogP contribution in [-0.2, 0) is 4.57 Å². The lowest BCUT2D eigenvalue weighted by atomic mass is 9.77. The Balaban J connectivity index is 4.82. The molecule has 0 aliphatic rings. The third kappa shape index (κ3) is 3.72. The van der Waals surface area contributed by atoms with E-state index in [9.17, 15) is 9.46 Å². The molecule has 14 heavy (non-hydrogen) atoms. The molecule has 0 aromatic heterocycles. The highest BCUT2D eigenvalue weighted by atomic mass is 31.2. The molecule has 0 radical (unpaired) electrons. The van der Waals surface area contributed by atoms with Crippen LogP contribution in [0, 0.1) is 11.8 Å². The molecular formula is C10H23NO2P-. The maximum atomic E-state index is 11.3. The quantitative estimate of drug-likeness (QED) is 0.723. The van der Waals surface area contributed by atoms with E-state index in [1.54, 1.807) is 0 Å². The Morgan fingerprint density at radius 3 is 2.07 bits per heavy atom. The molecule has 3 atom stereocenters. The third-order valence-electron chi connectivity index (χ3n) is 3.28. The van der Waals surface area contributed by atoms with Gasteiger partial charge in [0.05, 0.1) is 7.52 Å². The van der Waals surface area contributed by atoms with Crippen LogP contribution < -0.4 is 9.98 Å². The first kappa shape index (κ1) is 14.2. The van der Waals surface area contributed by atoms with Crippen molar-refractivity contribution in [2.75, 3.05) is 6.66 Å². The van der Waals surface area contributed by atoms with E-state index in [-0.39, 0.29) is 5.54 Å². The molecule has 0 fully saturated rings. The highest BCUT2D eigenvalue weighted by molar-refractivity contribution is 7.53. The highest BCUT2D eigenvalue weighted by Gasteiger charge is 2.34.